The van der Waals surface area contributed by atoms with Crippen LogP contribution in [-0.4, -0.2) is 47.8 Å². The third-order valence-electron chi connectivity index (χ3n) is 6.18. The number of hydrogen-bond acceptors (Lipinski definition) is 3. The Hall–Kier alpha value is -2.72. The van der Waals surface area contributed by atoms with E-state index in [1.54, 1.807) is 0 Å². The van der Waals surface area contributed by atoms with E-state index in [0.717, 1.165) is 40.9 Å². The van der Waals surface area contributed by atoms with Crippen molar-refractivity contribution in [1.29, 1.82) is 0 Å². The van der Waals surface area contributed by atoms with Crippen LogP contribution in [0, 0.1) is 0 Å². The SMILES string of the molecule is CN1CCCC1CCN1C(=O)c2cccc3cc4ccccc4c(c23)C1=O. The molecule has 1 atom stereocenters. The van der Waals surface area contributed by atoms with Gasteiger partial charge in [-0.2, -0.15) is 0 Å². The molecule has 2 aliphatic rings. The Bertz CT molecular complexity index is 1090. The largest absolute Gasteiger partial charge is 0.303 e. The molecule has 0 radical (unpaired) electrons. The van der Waals surface area contributed by atoms with Crippen LogP contribution in [0.15, 0.2) is 48.5 Å². The summed E-state index contributed by atoms with van der Waals surface area (Å²) >= 11 is 0. The van der Waals surface area contributed by atoms with E-state index in [-0.39, 0.29) is 11.8 Å². The highest BCUT2D eigenvalue weighted by atomic mass is 16.2. The van der Waals surface area contributed by atoms with Gasteiger partial charge in [-0.3, -0.25) is 14.5 Å². The van der Waals surface area contributed by atoms with Crippen LogP contribution >= 0.6 is 0 Å². The van der Waals surface area contributed by atoms with E-state index in [9.17, 15) is 9.59 Å². The number of carbonyl (C=O) groups is 2. The molecule has 0 bridgehead atoms. The predicted octanol–water partition coefficient (Wildman–Crippen LogP) is 4.07. The van der Waals surface area contributed by atoms with Gasteiger partial charge >= 0.3 is 0 Å². The fourth-order valence-electron chi connectivity index (χ4n) is 4.72. The number of fused-ring (bicyclic) bond motifs is 2. The summed E-state index contributed by atoms with van der Waals surface area (Å²) in [7, 11) is 2.13. The number of nitrogens with zero attached hydrogens (tertiary/aromatic N) is 2. The number of amides is 2. The van der Waals surface area contributed by atoms with Crippen molar-refractivity contribution in [3.63, 3.8) is 0 Å². The Morgan fingerprint density at radius 2 is 1.81 bits per heavy atom. The van der Waals surface area contributed by atoms with Crippen LogP contribution < -0.4 is 0 Å². The first-order valence-corrected chi connectivity index (χ1v) is 9.66. The summed E-state index contributed by atoms with van der Waals surface area (Å²) in [5.41, 5.74) is 1.32. The number of benzene rings is 3. The second kappa shape index (κ2) is 6.17. The van der Waals surface area contributed by atoms with Crippen molar-refractivity contribution >= 4 is 33.4 Å². The fraction of sp³-hybridized carbons (Fsp3) is 0.304. The Labute approximate surface area is 158 Å². The standard InChI is InChI=1S/C23H22N2O2/c1-24-12-5-8-17(24)11-13-25-22(26)19-10-4-7-16-14-15-6-2-3-9-18(15)21(20(16)19)23(25)27/h2-4,6-7,9-10,14,17H,5,8,11-13H2,1H3. The molecule has 1 saturated heterocycles. The third-order valence-corrected chi connectivity index (χ3v) is 6.18. The minimum absolute atomic E-state index is 0.152. The van der Waals surface area contributed by atoms with Crippen LogP contribution in [-0.2, 0) is 0 Å². The van der Waals surface area contributed by atoms with Crippen LogP contribution in [0.3, 0.4) is 0 Å². The molecule has 136 valence electrons. The Morgan fingerprint density at radius 3 is 2.63 bits per heavy atom. The number of likely N-dealkylation sites (tertiary alicyclic amines) is 1. The summed E-state index contributed by atoms with van der Waals surface area (Å²) < 4.78 is 0. The van der Waals surface area contributed by atoms with Crippen molar-refractivity contribution in [2.45, 2.75) is 25.3 Å². The number of carbonyl (C=O) groups excluding carboxylic acids is 2. The van der Waals surface area contributed by atoms with E-state index >= 15 is 0 Å². The van der Waals surface area contributed by atoms with Crippen molar-refractivity contribution in [2.24, 2.45) is 0 Å². The molecular formula is C23H22N2O2. The molecule has 3 aromatic carbocycles. The van der Waals surface area contributed by atoms with Crippen molar-refractivity contribution in [3.8, 4) is 0 Å². The maximum absolute atomic E-state index is 13.4. The molecule has 0 aliphatic carbocycles. The minimum atomic E-state index is -0.158. The molecule has 0 N–H and O–H groups in total. The predicted molar refractivity (Wildman–Crippen MR) is 107 cm³/mol. The van der Waals surface area contributed by atoms with Crippen LogP contribution in [0.1, 0.15) is 40.0 Å². The molecule has 0 saturated carbocycles. The monoisotopic (exact) mass is 358 g/mol. The highest BCUT2D eigenvalue weighted by Gasteiger charge is 2.34. The molecule has 2 aliphatic heterocycles. The Morgan fingerprint density at radius 1 is 1.00 bits per heavy atom. The van der Waals surface area contributed by atoms with Crippen molar-refractivity contribution in [3.05, 3.63) is 59.7 Å². The molecule has 4 nitrogen and oxygen atoms in total. The first-order chi connectivity index (χ1) is 13.1. The van der Waals surface area contributed by atoms with Gasteiger partial charge < -0.3 is 4.90 Å². The lowest BCUT2D eigenvalue weighted by molar-refractivity contribution is 0.0600. The lowest BCUT2D eigenvalue weighted by Crippen LogP contribution is -2.42. The van der Waals surface area contributed by atoms with Crippen molar-refractivity contribution in [1.82, 2.24) is 9.80 Å². The minimum Gasteiger partial charge on any atom is -0.303 e. The highest BCUT2D eigenvalue weighted by Crippen LogP contribution is 2.36. The number of rotatable bonds is 3. The fourth-order valence-corrected chi connectivity index (χ4v) is 4.72. The van der Waals surface area contributed by atoms with Gasteiger partial charge in [-0.25, -0.2) is 0 Å². The Kier molecular flexibility index (Phi) is 3.76. The smallest absolute Gasteiger partial charge is 0.262 e. The number of imide groups is 1. The van der Waals surface area contributed by atoms with E-state index in [2.05, 4.69) is 18.0 Å². The van der Waals surface area contributed by atoms with Gasteiger partial charge in [-0.05, 0) is 61.1 Å². The first-order valence-electron chi connectivity index (χ1n) is 9.66. The molecule has 0 aromatic heterocycles. The summed E-state index contributed by atoms with van der Waals surface area (Å²) in [5.74, 6) is -0.310. The first kappa shape index (κ1) is 16.5. The molecule has 4 heteroatoms. The average Bonchev–Trinajstić information content (AvgIpc) is 3.09. The molecule has 2 amide bonds. The van der Waals surface area contributed by atoms with Crippen molar-refractivity contribution < 1.29 is 9.59 Å². The zero-order valence-corrected chi connectivity index (χ0v) is 15.4. The van der Waals surface area contributed by atoms with Crippen LogP contribution in [0.25, 0.3) is 21.5 Å². The highest BCUT2D eigenvalue weighted by molar-refractivity contribution is 6.30. The molecule has 2 heterocycles. The van der Waals surface area contributed by atoms with E-state index in [1.165, 1.54) is 11.3 Å². The van der Waals surface area contributed by atoms with Crippen molar-refractivity contribution in [2.75, 3.05) is 20.1 Å². The molecule has 1 fully saturated rings. The topological polar surface area (TPSA) is 40.6 Å². The summed E-state index contributed by atoms with van der Waals surface area (Å²) in [6, 6.07) is 16.2. The van der Waals surface area contributed by atoms with Gasteiger partial charge in [0.15, 0.2) is 0 Å². The molecule has 1 unspecified atom stereocenters. The normalized spacial score (nSPS) is 20.2. The van der Waals surface area contributed by atoms with Crippen LogP contribution in [0.5, 0.6) is 0 Å². The zero-order chi connectivity index (χ0) is 18.5. The summed E-state index contributed by atoms with van der Waals surface area (Å²) in [6.07, 6.45) is 3.17. The third kappa shape index (κ3) is 2.47. The van der Waals surface area contributed by atoms with Crippen LogP contribution in [0.2, 0.25) is 0 Å². The lowest BCUT2D eigenvalue weighted by atomic mass is 9.89. The quantitative estimate of drug-likeness (QED) is 0.523. The van der Waals surface area contributed by atoms with E-state index < -0.39 is 0 Å². The summed E-state index contributed by atoms with van der Waals surface area (Å²) in [4.78, 5) is 30.3. The van der Waals surface area contributed by atoms with Gasteiger partial charge in [0.05, 0.1) is 5.56 Å². The van der Waals surface area contributed by atoms with Crippen LogP contribution in [0.4, 0.5) is 0 Å². The van der Waals surface area contributed by atoms with Gasteiger partial charge in [0.25, 0.3) is 11.8 Å². The van der Waals surface area contributed by atoms with Gasteiger partial charge in [0.2, 0.25) is 0 Å². The van der Waals surface area contributed by atoms with E-state index in [1.807, 2.05) is 42.5 Å². The lowest BCUT2D eigenvalue weighted by Gasteiger charge is -2.30. The van der Waals surface area contributed by atoms with Gasteiger partial charge in [0.1, 0.15) is 0 Å². The molecule has 3 aromatic rings. The second-order valence-electron chi connectivity index (χ2n) is 7.70. The molecule has 0 spiro atoms. The number of hydrogen-bond donors (Lipinski definition) is 0. The van der Waals surface area contributed by atoms with Gasteiger partial charge in [-0.15, -0.1) is 0 Å². The summed E-state index contributed by atoms with van der Waals surface area (Å²) in [6.45, 7) is 1.57. The van der Waals surface area contributed by atoms with E-state index in [0.29, 0.717) is 23.7 Å². The zero-order valence-electron chi connectivity index (χ0n) is 15.4. The maximum Gasteiger partial charge on any atom is 0.262 e. The molecule has 27 heavy (non-hydrogen) atoms. The second-order valence-corrected chi connectivity index (χ2v) is 7.70. The maximum atomic E-state index is 13.4. The molecule has 5 rings (SSSR count). The van der Waals surface area contributed by atoms with Gasteiger partial charge in [0, 0.05) is 23.5 Å². The van der Waals surface area contributed by atoms with E-state index in [4.69, 9.17) is 0 Å². The Balaban J connectivity index is 1.62. The van der Waals surface area contributed by atoms with Gasteiger partial charge in [-0.1, -0.05) is 36.4 Å². The average molecular weight is 358 g/mol. The summed E-state index contributed by atoms with van der Waals surface area (Å²) in [5, 5.41) is 3.73. The molecular weight excluding hydrogens is 336 g/mol.